The van der Waals surface area contributed by atoms with Crippen LogP contribution in [-0.2, 0) is 18.4 Å². The number of aromatic amines is 1. The molecule has 3 nitrogen and oxygen atoms in total. The summed E-state index contributed by atoms with van der Waals surface area (Å²) in [6.07, 6.45) is 5.96. The van der Waals surface area contributed by atoms with Gasteiger partial charge in [0.15, 0.2) is 0 Å². The Morgan fingerprint density at radius 2 is 1.93 bits per heavy atom. The van der Waals surface area contributed by atoms with Crippen LogP contribution in [0.3, 0.4) is 0 Å². The molecular weight excluding hydrogens is 186 g/mol. The lowest BCUT2D eigenvalue weighted by Crippen LogP contribution is -2.27. The largest absolute Gasteiger partial charge is 0.320 e. The van der Waals surface area contributed by atoms with E-state index in [4.69, 9.17) is 5.73 Å². The van der Waals surface area contributed by atoms with Crippen LogP contribution in [0.2, 0.25) is 0 Å². The minimum absolute atomic E-state index is 0.158. The van der Waals surface area contributed by atoms with Crippen molar-refractivity contribution >= 4 is 0 Å². The van der Waals surface area contributed by atoms with Gasteiger partial charge in [-0.3, -0.25) is 5.10 Å². The number of rotatable bonds is 1. The van der Waals surface area contributed by atoms with Crippen LogP contribution in [0.4, 0.5) is 0 Å². The van der Waals surface area contributed by atoms with E-state index in [2.05, 4.69) is 24.0 Å². The van der Waals surface area contributed by atoms with Crippen LogP contribution in [0.15, 0.2) is 0 Å². The van der Waals surface area contributed by atoms with Gasteiger partial charge in [-0.2, -0.15) is 5.10 Å². The number of hydrogen-bond donors (Lipinski definition) is 2. The number of aromatic nitrogens is 2. The normalized spacial score (nSPS) is 32.5. The summed E-state index contributed by atoms with van der Waals surface area (Å²) < 4.78 is 0. The van der Waals surface area contributed by atoms with E-state index < -0.39 is 0 Å². The molecule has 1 aromatic rings. The minimum atomic E-state index is -0.158. The second-order valence-electron chi connectivity index (χ2n) is 5.77. The number of nitrogens with zero attached hydrogens (tertiary/aromatic N) is 1. The predicted octanol–water partition coefficient (Wildman–Crippen LogP) is 1.87. The molecular formula is C12H19N3. The number of H-pyrrole nitrogens is 1. The fourth-order valence-corrected chi connectivity index (χ4v) is 2.91. The van der Waals surface area contributed by atoms with Crippen LogP contribution in [0, 0.1) is 5.41 Å². The average Bonchev–Trinajstić information content (AvgIpc) is 2.61. The van der Waals surface area contributed by atoms with Crippen LogP contribution in [0.1, 0.15) is 50.1 Å². The maximum Gasteiger partial charge on any atom is 0.0861 e. The summed E-state index contributed by atoms with van der Waals surface area (Å²) in [5.41, 5.74) is 10.4. The molecule has 0 radical (unpaired) electrons. The molecule has 1 fully saturated rings. The Labute approximate surface area is 90.4 Å². The van der Waals surface area contributed by atoms with E-state index in [-0.39, 0.29) is 11.0 Å². The Morgan fingerprint density at radius 3 is 2.60 bits per heavy atom. The number of aryl methyl sites for hydroxylation is 1. The average molecular weight is 205 g/mol. The summed E-state index contributed by atoms with van der Waals surface area (Å²) in [7, 11) is 0. The predicted molar refractivity (Wildman–Crippen MR) is 59.5 cm³/mol. The van der Waals surface area contributed by atoms with E-state index in [1.165, 1.54) is 24.1 Å². The molecule has 0 amide bonds. The monoisotopic (exact) mass is 205 g/mol. The molecule has 1 atom stereocenters. The van der Waals surface area contributed by atoms with E-state index in [1.54, 1.807) is 0 Å². The highest BCUT2D eigenvalue weighted by Crippen LogP contribution is 2.60. The van der Waals surface area contributed by atoms with Gasteiger partial charge >= 0.3 is 0 Å². The lowest BCUT2D eigenvalue weighted by Gasteiger charge is -2.17. The second-order valence-corrected chi connectivity index (χ2v) is 5.77. The lowest BCUT2D eigenvalue weighted by molar-refractivity contribution is 0.494. The highest BCUT2D eigenvalue weighted by Gasteiger charge is 2.61. The fourth-order valence-electron chi connectivity index (χ4n) is 2.91. The van der Waals surface area contributed by atoms with Crippen molar-refractivity contribution in [2.45, 2.75) is 51.5 Å². The summed E-state index contributed by atoms with van der Waals surface area (Å²) in [5.74, 6) is 0. The summed E-state index contributed by atoms with van der Waals surface area (Å²) in [6, 6.07) is 0. The summed E-state index contributed by atoms with van der Waals surface area (Å²) >= 11 is 0. The molecule has 1 aromatic heterocycles. The summed E-state index contributed by atoms with van der Waals surface area (Å²) in [6.45, 7) is 4.47. The van der Waals surface area contributed by atoms with Crippen molar-refractivity contribution in [3.63, 3.8) is 0 Å². The minimum Gasteiger partial charge on any atom is -0.320 e. The first-order chi connectivity index (χ1) is 7.05. The Hall–Kier alpha value is -0.830. The molecule has 0 saturated heterocycles. The van der Waals surface area contributed by atoms with Gasteiger partial charge in [-0.1, -0.05) is 13.8 Å². The quantitative estimate of drug-likeness (QED) is 0.735. The highest BCUT2D eigenvalue weighted by molar-refractivity contribution is 5.39. The van der Waals surface area contributed by atoms with Crippen molar-refractivity contribution in [3.05, 3.63) is 17.0 Å². The van der Waals surface area contributed by atoms with Crippen molar-refractivity contribution in [2.24, 2.45) is 11.1 Å². The molecule has 0 aromatic carbocycles. The standard InChI is InChI=1S/C12H19N3/c1-11(2)7-12(11,13)10-8-5-3-4-6-9(8)14-15-10/h3-7,13H2,1-2H3,(H,14,15). The van der Waals surface area contributed by atoms with E-state index in [0.29, 0.717) is 0 Å². The maximum atomic E-state index is 6.43. The van der Waals surface area contributed by atoms with Crippen molar-refractivity contribution in [2.75, 3.05) is 0 Å². The first-order valence-corrected chi connectivity index (χ1v) is 5.90. The van der Waals surface area contributed by atoms with Gasteiger partial charge in [-0.15, -0.1) is 0 Å². The molecule has 15 heavy (non-hydrogen) atoms. The van der Waals surface area contributed by atoms with Gasteiger partial charge in [0.2, 0.25) is 0 Å². The Balaban J connectivity index is 2.03. The zero-order valence-corrected chi connectivity index (χ0v) is 9.56. The van der Waals surface area contributed by atoms with E-state index >= 15 is 0 Å². The zero-order chi connectivity index (χ0) is 10.7. The lowest BCUT2D eigenvalue weighted by atomic mass is 9.91. The third-order valence-corrected chi connectivity index (χ3v) is 4.28. The van der Waals surface area contributed by atoms with Crippen molar-refractivity contribution in [1.82, 2.24) is 10.2 Å². The third kappa shape index (κ3) is 1.13. The van der Waals surface area contributed by atoms with Crippen LogP contribution >= 0.6 is 0 Å². The number of hydrogen-bond acceptors (Lipinski definition) is 2. The van der Waals surface area contributed by atoms with Gasteiger partial charge in [0.1, 0.15) is 0 Å². The molecule has 3 N–H and O–H groups in total. The SMILES string of the molecule is CC1(C)CC1(N)c1n[nH]c2c1CCCC2. The van der Waals surface area contributed by atoms with Crippen LogP contribution in [0.5, 0.6) is 0 Å². The third-order valence-electron chi connectivity index (χ3n) is 4.28. The smallest absolute Gasteiger partial charge is 0.0861 e. The number of nitrogens with two attached hydrogens (primary N) is 1. The van der Waals surface area contributed by atoms with E-state index in [1.807, 2.05) is 0 Å². The molecule has 82 valence electrons. The van der Waals surface area contributed by atoms with Crippen LogP contribution < -0.4 is 5.73 Å². The van der Waals surface area contributed by atoms with Gasteiger partial charge in [0, 0.05) is 5.69 Å². The Morgan fingerprint density at radius 1 is 1.27 bits per heavy atom. The van der Waals surface area contributed by atoms with E-state index in [0.717, 1.165) is 25.0 Å². The topological polar surface area (TPSA) is 54.7 Å². The molecule has 0 spiro atoms. The van der Waals surface area contributed by atoms with Gasteiger partial charge in [0.25, 0.3) is 0 Å². The van der Waals surface area contributed by atoms with Crippen molar-refractivity contribution < 1.29 is 0 Å². The first kappa shape index (κ1) is 9.40. The van der Waals surface area contributed by atoms with E-state index in [9.17, 15) is 0 Å². The Bertz CT molecular complexity index is 405. The van der Waals surface area contributed by atoms with Gasteiger partial charge < -0.3 is 5.73 Å². The van der Waals surface area contributed by atoms with Gasteiger partial charge in [0.05, 0.1) is 11.2 Å². The molecule has 0 aliphatic heterocycles. The molecule has 1 heterocycles. The molecule has 1 unspecified atom stereocenters. The second kappa shape index (κ2) is 2.64. The van der Waals surface area contributed by atoms with Crippen molar-refractivity contribution in [3.8, 4) is 0 Å². The molecule has 0 bridgehead atoms. The number of fused-ring (bicyclic) bond motifs is 1. The molecule has 2 aliphatic carbocycles. The fraction of sp³-hybridized carbons (Fsp3) is 0.750. The highest BCUT2D eigenvalue weighted by atomic mass is 15.2. The molecule has 3 rings (SSSR count). The van der Waals surface area contributed by atoms with Crippen molar-refractivity contribution in [1.29, 1.82) is 0 Å². The number of nitrogens with one attached hydrogen (secondary N) is 1. The molecule has 1 saturated carbocycles. The molecule has 2 aliphatic rings. The zero-order valence-electron chi connectivity index (χ0n) is 9.56. The van der Waals surface area contributed by atoms with Gasteiger partial charge in [-0.25, -0.2) is 0 Å². The summed E-state index contributed by atoms with van der Waals surface area (Å²) in [4.78, 5) is 0. The van der Waals surface area contributed by atoms with Crippen LogP contribution in [-0.4, -0.2) is 10.2 Å². The maximum absolute atomic E-state index is 6.43. The first-order valence-electron chi connectivity index (χ1n) is 5.90. The molecule has 3 heteroatoms. The van der Waals surface area contributed by atoms with Crippen LogP contribution in [0.25, 0.3) is 0 Å². The van der Waals surface area contributed by atoms with Gasteiger partial charge in [-0.05, 0) is 43.1 Å². The summed E-state index contributed by atoms with van der Waals surface area (Å²) in [5, 5.41) is 7.66. The Kier molecular flexibility index (Phi) is 1.66.